The Morgan fingerprint density at radius 2 is 1.95 bits per heavy atom. The first kappa shape index (κ1) is 12.5. The van der Waals surface area contributed by atoms with Crippen LogP contribution in [0, 0.1) is 5.82 Å². The van der Waals surface area contributed by atoms with E-state index in [1.807, 2.05) is 12.1 Å². The largest absolute Gasteiger partial charge is 0.497 e. The predicted molar refractivity (Wildman–Crippen MR) is 74.4 cm³/mol. The van der Waals surface area contributed by atoms with Crippen LogP contribution in [0.3, 0.4) is 0 Å². The fourth-order valence-electron chi connectivity index (χ4n) is 2.23. The van der Waals surface area contributed by atoms with Crippen molar-refractivity contribution in [2.75, 3.05) is 17.7 Å². The Morgan fingerprint density at radius 3 is 2.65 bits per heavy atom. The zero-order valence-corrected chi connectivity index (χ0v) is 10.8. The average Bonchev–Trinajstić information content (AvgIpc) is 2.75. The fourth-order valence-corrected chi connectivity index (χ4v) is 2.23. The minimum Gasteiger partial charge on any atom is -0.497 e. The van der Waals surface area contributed by atoms with Crippen molar-refractivity contribution >= 4 is 17.3 Å². The van der Waals surface area contributed by atoms with Crippen molar-refractivity contribution in [2.24, 2.45) is 0 Å². The summed E-state index contributed by atoms with van der Waals surface area (Å²) in [6.45, 7) is 0. The number of methoxy groups -OCH3 is 1. The van der Waals surface area contributed by atoms with Crippen molar-refractivity contribution in [3.05, 3.63) is 53.8 Å². The van der Waals surface area contributed by atoms with E-state index in [0.717, 1.165) is 17.0 Å². The molecule has 5 heteroatoms. The lowest BCUT2D eigenvalue weighted by Gasteiger charge is -2.13. The van der Waals surface area contributed by atoms with Crippen LogP contribution in [0.1, 0.15) is 11.6 Å². The van der Waals surface area contributed by atoms with Crippen LogP contribution in [-0.4, -0.2) is 13.0 Å². The van der Waals surface area contributed by atoms with Crippen molar-refractivity contribution < 1.29 is 13.9 Å². The number of amides is 1. The van der Waals surface area contributed by atoms with Crippen molar-refractivity contribution in [1.29, 1.82) is 0 Å². The second-order valence-electron chi connectivity index (χ2n) is 4.53. The highest BCUT2D eigenvalue weighted by atomic mass is 19.1. The zero-order valence-electron chi connectivity index (χ0n) is 10.8. The van der Waals surface area contributed by atoms with Crippen molar-refractivity contribution in [3.8, 4) is 5.75 Å². The maximum Gasteiger partial charge on any atom is 0.251 e. The third-order valence-corrected chi connectivity index (χ3v) is 3.25. The summed E-state index contributed by atoms with van der Waals surface area (Å²) >= 11 is 0. The second kappa shape index (κ2) is 4.85. The molecule has 0 saturated heterocycles. The number of ether oxygens (including phenoxy) is 1. The lowest BCUT2D eigenvalue weighted by Crippen LogP contribution is -2.19. The van der Waals surface area contributed by atoms with Gasteiger partial charge in [0, 0.05) is 16.9 Å². The highest BCUT2D eigenvalue weighted by Gasteiger charge is 2.30. The minimum absolute atomic E-state index is 0.193. The van der Waals surface area contributed by atoms with E-state index in [-0.39, 0.29) is 11.7 Å². The number of benzene rings is 2. The van der Waals surface area contributed by atoms with Crippen molar-refractivity contribution in [1.82, 2.24) is 0 Å². The molecule has 0 aromatic heterocycles. The van der Waals surface area contributed by atoms with Gasteiger partial charge in [-0.15, -0.1) is 0 Å². The fraction of sp³-hybridized carbons (Fsp3) is 0.133. The van der Waals surface area contributed by atoms with Gasteiger partial charge in [-0.1, -0.05) is 6.07 Å². The summed E-state index contributed by atoms with van der Waals surface area (Å²) in [5, 5.41) is 5.79. The topological polar surface area (TPSA) is 50.4 Å². The van der Waals surface area contributed by atoms with Gasteiger partial charge in [-0.3, -0.25) is 4.79 Å². The number of halogens is 1. The quantitative estimate of drug-likeness (QED) is 0.903. The van der Waals surface area contributed by atoms with Crippen molar-refractivity contribution in [2.45, 2.75) is 6.04 Å². The highest BCUT2D eigenvalue weighted by molar-refractivity contribution is 6.04. The SMILES string of the molecule is COc1ccc(NC2C(=O)Nc3cc(F)ccc32)cc1. The minimum atomic E-state index is -0.515. The van der Waals surface area contributed by atoms with Crippen LogP contribution in [0.25, 0.3) is 0 Å². The number of carbonyl (C=O) groups is 1. The molecule has 0 radical (unpaired) electrons. The molecule has 3 rings (SSSR count). The van der Waals surface area contributed by atoms with Crippen molar-refractivity contribution in [3.63, 3.8) is 0 Å². The van der Waals surface area contributed by atoms with Gasteiger partial charge in [-0.2, -0.15) is 0 Å². The summed E-state index contributed by atoms with van der Waals surface area (Å²) in [6.07, 6.45) is 0. The van der Waals surface area contributed by atoms with E-state index in [2.05, 4.69) is 10.6 Å². The maximum atomic E-state index is 13.1. The molecule has 0 spiro atoms. The van der Waals surface area contributed by atoms with Gasteiger partial charge in [-0.05, 0) is 36.4 Å². The summed E-state index contributed by atoms with van der Waals surface area (Å²) in [5.74, 6) is 0.185. The average molecular weight is 272 g/mol. The summed E-state index contributed by atoms with van der Waals surface area (Å²) in [5.41, 5.74) is 2.05. The predicted octanol–water partition coefficient (Wildman–Crippen LogP) is 2.94. The molecule has 1 aliphatic heterocycles. The molecule has 1 unspecified atom stereocenters. The number of rotatable bonds is 3. The summed E-state index contributed by atoms with van der Waals surface area (Å²) in [4.78, 5) is 11.9. The van der Waals surface area contributed by atoms with Gasteiger partial charge >= 0.3 is 0 Å². The van der Waals surface area contributed by atoms with E-state index in [1.165, 1.54) is 12.1 Å². The molecule has 1 amide bonds. The molecule has 2 aromatic rings. The van der Waals surface area contributed by atoms with Crippen LogP contribution in [0.4, 0.5) is 15.8 Å². The molecule has 1 aliphatic rings. The van der Waals surface area contributed by atoms with Gasteiger partial charge < -0.3 is 15.4 Å². The van der Waals surface area contributed by atoms with Crippen LogP contribution in [0.5, 0.6) is 5.75 Å². The monoisotopic (exact) mass is 272 g/mol. The molecular weight excluding hydrogens is 259 g/mol. The number of hydrogen-bond acceptors (Lipinski definition) is 3. The lowest BCUT2D eigenvalue weighted by atomic mass is 10.1. The number of anilines is 2. The number of fused-ring (bicyclic) bond motifs is 1. The molecule has 2 aromatic carbocycles. The Labute approximate surface area is 115 Å². The summed E-state index contributed by atoms with van der Waals surface area (Å²) < 4.78 is 18.2. The molecule has 20 heavy (non-hydrogen) atoms. The van der Waals surface area contributed by atoms with Crippen LogP contribution in [0.2, 0.25) is 0 Å². The molecule has 1 atom stereocenters. The highest BCUT2D eigenvalue weighted by Crippen LogP contribution is 2.33. The Bertz CT molecular complexity index is 655. The first-order valence-electron chi connectivity index (χ1n) is 6.18. The van der Waals surface area contributed by atoms with E-state index in [0.29, 0.717) is 5.69 Å². The Kier molecular flexibility index (Phi) is 3.02. The Morgan fingerprint density at radius 1 is 1.20 bits per heavy atom. The molecule has 0 saturated carbocycles. The molecular formula is C15H13FN2O2. The first-order valence-corrected chi connectivity index (χ1v) is 6.18. The van der Waals surface area contributed by atoms with E-state index in [4.69, 9.17) is 4.74 Å². The molecule has 4 nitrogen and oxygen atoms in total. The van der Waals surface area contributed by atoms with Crippen LogP contribution in [0.15, 0.2) is 42.5 Å². The molecule has 0 bridgehead atoms. The third-order valence-electron chi connectivity index (χ3n) is 3.25. The van der Waals surface area contributed by atoms with Gasteiger partial charge in [0.15, 0.2) is 0 Å². The van der Waals surface area contributed by atoms with E-state index in [9.17, 15) is 9.18 Å². The first-order chi connectivity index (χ1) is 9.67. The smallest absolute Gasteiger partial charge is 0.251 e. The van der Waals surface area contributed by atoms with Gasteiger partial charge in [-0.25, -0.2) is 4.39 Å². The molecule has 1 heterocycles. The van der Waals surface area contributed by atoms with Gasteiger partial charge in [0.05, 0.1) is 7.11 Å². The molecule has 102 valence electrons. The Balaban J connectivity index is 1.86. The summed E-state index contributed by atoms with van der Waals surface area (Å²) in [7, 11) is 1.59. The normalized spacial score (nSPS) is 16.5. The summed E-state index contributed by atoms with van der Waals surface area (Å²) in [6, 6.07) is 11.0. The standard InChI is InChI=1S/C15H13FN2O2/c1-20-11-5-3-10(4-6-11)17-14-12-7-2-9(16)8-13(12)18-15(14)19/h2-8,14,17H,1H3,(H,18,19). The number of nitrogens with one attached hydrogen (secondary N) is 2. The number of carbonyl (C=O) groups excluding carboxylic acids is 1. The molecule has 0 fully saturated rings. The Hall–Kier alpha value is -2.56. The number of hydrogen-bond donors (Lipinski definition) is 2. The third kappa shape index (κ3) is 2.18. The molecule has 0 aliphatic carbocycles. The zero-order chi connectivity index (χ0) is 14.1. The maximum absolute atomic E-state index is 13.1. The lowest BCUT2D eigenvalue weighted by molar-refractivity contribution is -0.116. The van der Waals surface area contributed by atoms with Crippen LogP contribution in [-0.2, 0) is 4.79 Å². The van der Waals surface area contributed by atoms with E-state index < -0.39 is 6.04 Å². The van der Waals surface area contributed by atoms with Gasteiger partial charge in [0.2, 0.25) is 0 Å². The second-order valence-corrected chi connectivity index (χ2v) is 4.53. The van der Waals surface area contributed by atoms with Gasteiger partial charge in [0.1, 0.15) is 17.6 Å². The van der Waals surface area contributed by atoms with E-state index >= 15 is 0 Å². The van der Waals surface area contributed by atoms with Gasteiger partial charge in [0.25, 0.3) is 5.91 Å². The van der Waals surface area contributed by atoms with E-state index in [1.54, 1.807) is 25.3 Å². The molecule has 2 N–H and O–H groups in total. The van der Waals surface area contributed by atoms with Crippen LogP contribution < -0.4 is 15.4 Å². The van der Waals surface area contributed by atoms with Crippen LogP contribution >= 0.6 is 0 Å².